The molecule has 2 aromatic carbocycles. The third-order valence-corrected chi connectivity index (χ3v) is 2.40. The Morgan fingerprint density at radius 1 is 0.846 bits per heavy atom. The molecule has 0 atom stereocenters. The van der Waals surface area contributed by atoms with Crippen LogP contribution in [0.4, 0.5) is 0 Å². The zero-order chi connectivity index (χ0) is 8.67. The second-order valence-corrected chi connectivity index (χ2v) is 3.33. The highest BCUT2D eigenvalue weighted by Crippen LogP contribution is 2.21. The summed E-state index contributed by atoms with van der Waals surface area (Å²) in [4.78, 5) is 0. The minimum Gasteiger partial charge on any atom is -0.234 e. The summed E-state index contributed by atoms with van der Waals surface area (Å²) >= 11 is 0. The molecule has 1 saturated heterocycles. The van der Waals surface area contributed by atoms with Gasteiger partial charge in [-0.25, -0.2) is 10.9 Å². The smallest absolute Gasteiger partial charge is 0.109 e. The minimum atomic E-state index is 0.365. The molecular weight excluding hydrogens is 160 g/mol. The lowest BCUT2D eigenvalue weighted by molar-refractivity contribution is 1.07. The van der Waals surface area contributed by atoms with Gasteiger partial charge in [0.1, 0.15) is 6.17 Å². The Morgan fingerprint density at radius 2 is 1.62 bits per heavy atom. The monoisotopic (exact) mass is 170 g/mol. The maximum Gasteiger partial charge on any atom is 0.109 e. The van der Waals surface area contributed by atoms with Crippen molar-refractivity contribution >= 4 is 10.8 Å². The lowest BCUT2D eigenvalue weighted by Crippen LogP contribution is -1.84. The first-order valence-corrected chi connectivity index (χ1v) is 4.43. The summed E-state index contributed by atoms with van der Waals surface area (Å²) in [6.07, 6.45) is 0.365. The maximum atomic E-state index is 3.07. The van der Waals surface area contributed by atoms with Crippen LogP contribution in [0, 0.1) is 0 Å². The summed E-state index contributed by atoms with van der Waals surface area (Å²) in [7, 11) is 0. The Bertz CT molecular complexity index is 447. The third-order valence-electron chi connectivity index (χ3n) is 2.40. The molecule has 2 aromatic rings. The lowest BCUT2D eigenvalue weighted by atomic mass is 10.1. The minimum absolute atomic E-state index is 0.365. The Morgan fingerprint density at radius 3 is 2.38 bits per heavy atom. The molecule has 0 bridgehead atoms. The quantitative estimate of drug-likeness (QED) is 0.642. The number of hydrazine groups is 1. The van der Waals surface area contributed by atoms with Crippen LogP contribution in [-0.4, -0.2) is 0 Å². The van der Waals surface area contributed by atoms with Gasteiger partial charge in [-0.15, -0.1) is 0 Å². The second-order valence-electron chi connectivity index (χ2n) is 3.33. The lowest BCUT2D eigenvalue weighted by Gasteiger charge is -1.99. The zero-order valence-corrected chi connectivity index (χ0v) is 7.12. The van der Waals surface area contributed by atoms with E-state index in [1.165, 1.54) is 16.3 Å². The van der Waals surface area contributed by atoms with Gasteiger partial charge in [0.2, 0.25) is 0 Å². The molecule has 64 valence electrons. The highest BCUT2D eigenvalue weighted by Gasteiger charge is 2.20. The Kier molecular flexibility index (Phi) is 1.39. The van der Waals surface area contributed by atoms with Gasteiger partial charge in [0.05, 0.1) is 0 Å². The predicted octanol–water partition coefficient (Wildman–Crippen LogP) is 1.95. The van der Waals surface area contributed by atoms with Gasteiger partial charge in [-0.1, -0.05) is 36.4 Å². The van der Waals surface area contributed by atoms with E-state index >= 15 is 0 Å². The van der Waals surface area contributed by atoms with Crippen LogP contribution in [0.3, 0.4) is 0 Å². The van der Waals surface area contributed by atoms with Crippen molar-refractivity contribution < 1.29 is 0 Å². The first kappa shape index (κ1) is 7.06. The van der Waals surface area contributed by atoms with Crippen molar-refractivity contribution in [3.05, 3.63) is 48.0 Å². The summed E-state index contributed by atoms with van der Waals surface area (Å²) < 4.78 is 0. The van der Waals surface area contributed by atoms with Gasteiger partial charge < -0.3 is 0 Å². The molecule has 13 heavy (non-hydrogen) atoms. The predicted molar refractivity (Wildman–Crippen MR) is 53.0 cm³/mol. The summed E-state index contributed by atoms with van der Waals surface area (Å²) in [6, 6.07) is 14.9. The normalized spacial score (nSPS) is 16.3. The molecule has 2 N–H and O–H groups in total. The van der Waals surface area contributed by atoms with Gasteiger partial charge in [-0.2, -0.15) is 0 Å². The number of hydrogen-bond donors (Lipinski definition) is 2. The van der Waals surface area contributed by atoms with Crippen molar-refractivity contribution in [2.75, 3.05) is 0 Å². The van der Waals surface area contributed by atoms with Crippen LogP contribution in [0.1, 0.15) is 11.7 Å². The van der Waals surface area contributed by atoms with Crippen LogP contribution in [-0.2, 0) is 0 Å². The topological polar surface area (TPSA) is 43.9 Å². The molecule has 0 saturated carbocycles. The highest BCUT2D eigenvalue weighted by molar-refractivity contribution is 5.83. The van der Waals surface area contributed by atoms with E-state index in [0.717, 1.165) is 0 Å². The fraction of sp³-hybridized carbons (Fsp3) is 0.0909. The second kappa shape index (κ2) is 2.55. The Balaban J connectivity index is 2.21. The standard InChI is InChI=1S/C11H10N2/c1-2-4-9-7-10(11-12-13-11)6-5-8(9)3-1/h1-7,11-13H. The molecule has 0 unspecified atom stereocenters. The van der Waals surface area contributed by atoms with Crippen molar-refractivity contribution in [3.63, 3.8) is 0 Å². The van der Waals surface area contributed by atoms with Crippen LogP contribution in [0.5, 0.6) is 0 Å². The van der Waals surface area contributed by atoms with E-state index in [9.17, 15) is 0 Å². The molecular formula is C11H10N2. The average Bonchev–Trinajstić information content (AvgIpc) is 3.00. The summed E-state index contributed by atoms with van der Waals surface area (Å²) in [5.74, 6) is 0. The molecule has 2 nitrogen and oxygen atoms in total. The van der Waals surface area contributed by atoms with E-state index in [1.54, 1.807) is 0 Å². The van der Waals surface area contributed by atoms with E-state index in [2.05, 4.69) is 53.3 Å². The number of nitrogens with one attached hydrogen (secondary N) is 2. The SMILES string of the molecule is c1ccc2cc(C3NN3)ccc2c1. The number of benzene rings is 2. The molecule has 2 heteroatoms. The van der Waals surface area contributed by atoms with E-state index in [4.69, 9.17) is 0 Å². The number of rotatable bonds is 1. The molecule has 1 aliphatic heterocycles. The van der Waals surface area contributed by atoms with Crippen molar-refractivity contribution in [3.8, 4) is 0 Å². The molecule has 0 amide bonds. The fourth-order valence-electron chi connectivity index (χ4n) is 1.60. The summed E-state index contributed by atoms with van der Waals surface area (Å²) in [6.45, 7) is 0. The molecule has 0 radical (unpaired) electrons. The Labute approximate surface area is 76.5 Å². The molecule has 3 rings (SSSR count). The van der Waals surface area contributed by atoms with E-state index in [-0.39, 0.29) is 0 Å². The zero-order valence-electron chi connectivity index (χ0n) is 7.12. The van der Waals surface area contributed by atoms with Gasteiger partial charge in [0, 0.05) is 0 Å². The number of fused-ring (bicyclic) bond motifs is 1. The van der Waals surface area contributed by atoms with Gasteiger partial charge in [-0.05, 0) is 22.4 Å². The van der Waals surface area contributed by atoms with Crippen molar-refractivity contribution in [1.29, 1.82) is 0 Å². The largest absolute Gasteiger partial charge is 0.234 e. The molecule has 0 aromatic heterocycles. The molecule has 1 heterocycles. The van der Waals surface area contributed by atoms with Crippen LogP contribution in [0.25, 0.3) is 10.8 Å². The molecule has 0 spiro atoms. The summed E-state index contributed by atoms with van der Waals surface area (Å²) in [5, 5.41) is 2.60. The van der Waals surface area contributed by atoms with Crippen LogP contribution >= 0.6 is 0 Å². The van der Waals surface area contributed by atoms with E-state index in [0.29, 0.717) is 6.17 Å². The van der Waals surface area contributed by atoms with Crippen LogP contribution in [0.2, 0.25) is 0 Å². The molecule has 0 aliphatic carbocycles. The maximum absolute atomic E-state index is 3.07. The van der Waals surface area contributed by atoms with Gasteiger partial charge in [0.15, 0.2) is 0 Å². The van der Waals surface area contributed by atoms with Gasteiger partial charge in [-0.3, -0.25) is 0 Å². The van der Waals surface area contributed by atoms with E-state index < -0.39 is 0 Å². The van der Waals surface area contributed by atoms with Crippen molar-refractivity contribution in [2.24, 2.45) is 0 Å². The van der Waals surface area contributed by atoms with Crippen molar-refractivity contribution in [1.82, 2.24) is 10.9 Å². The van der Waals surface area contributed by atoms with Gasteiger partial charge in [0.25, 0.3) is 0 Å². The first-order chi connectivity index (χ1) is 6.43. The molecule has 1 fully saturated rings. The molecule has 1 aliphatic rings. The van der Waals surface area contributed by atoms with Crippen LogP contribution in [0.15, 0.2) is 42.5 Å². The average molecular weight is 170 g/mol. The van der Waals surface area contributed by atoms with Crippen LogP contribution < -0.4 is 10.9 Å². The Hall–Kier alpha value is -1.38. The van der Waals surface area contributed by atoms with Crippen molar-refractivity contribution in [2.45, 2.75) is 6.17 Å². The van der Waals surface area contributed by atoms with Gasteiger partial charge >= 0.3 is 0 Å². The first-order valence-electron chi connectivity index (χ1n) is 4.43. The van der Waals surface area contributed by atoms with E-state index in [1.807, 2.05) is 0 Å². The third kappa shape index (κ3) is 1.20. The highest BCUT2D eigenvalue weighted by atomic mass is 15.6. The number of hydrogen-bond acceptors (Lipinski definition) is 2. The summed E-state index contributed by atoms with van der Waals surface area (Å²) in [5.41, 5.74) is 7.44. The fourth-order valence-corrected chi connectivity index (χ4v) is 1.60.